The van der Waals surface area contributed by atoms with Gasteiger partial charge < -0.3 is 29.2 Å². The van der Waals surface area contributed by atoms with Crippen molar-refractivity contribution in [3.8, 4) is 0 Å². The second kappa shape index (κ2) is 40.7. The Morgan fingerprint density at radius 1 is 0.703 bits per heavy atom. The molecule has 13 heteroatoms. The fraction of sp³-hybridized carbons (Fsp3) is 0.792. The van der Waals surface area contributed by atoms with Crippen LogP contribution in [0.2, 0.25) is 0 Å². The molecule has 0 aromatic rings. The van der Waals surface area contributed by atoms with Gasteiger partial charge in [0, 0.05) is 12.2 Å². The minimum atomic E-state index is -3.11. The molecule has 0 spiro atoms. The SMILES string of the molecule is CCCCCCCCCCCCCCCCCCOC(=O)C=CC(=O)O.O=C(O)CO.O=S([O-])[O-].[Na+].[Na+]. The second-order valence-corrected chi connectivity index (χ2v) is 8.31. The van der Waals surface area contributed by atoms with E-state index in [2.05, 4.69) is 6.92 Å². The average Bonchev–Trinajstić information content (AvgIpc) is 2.79. The first kappa shape index (κ1) is 47.0. The number of carbonyl (C=O) groups is 3. The third-order valence-electron chi connectivity index (χ3n) is 4.74. The molecular formula is C24H44Na2O10S. The Labute approximate surface area is 269 Å². The molecule has 3 N–H and O–H groups in total. The van der Waals surface area contributed by atoms with Gasteiger partial charge in [0.25, 0.3) is 0 Å². The first-order valence-corrected chi connectivity index (χ1v) is 13.3. The van der Waals surface area contributed by atoms with Gasteiger partial charge in [-0.3, -0.25) is 4.21 Å². The van der Waals surface area contributed by atoms with E-state index in [1.807, 2.05) is 0 Å². The van der Waals surface area contributed by atoms with Crippen LogP contribution < -0.4 is 59.1 Å². The Morgan fingerprint density at radius 3 is 1.27 bits per heavy atom. The van der Waals surface area contributed by atoms with Crippen molar-refractivity contribution < 1.29 is 107 Å². The van der Waals surface area contributed by atoms with Crippen LogP contribution in [0.1, 0.15) is 110 Å². The summed E-state index contributed by atoms with van der Waals surface area (Å²) in [6, 6.07) is 0. The standard InChI is InChI=1S/C22H40O4.C2H4O3.2Na.H2O3S/c1-2-3-4-5-6-7-8-9-10-11-12-13-14-15-16-17-20-26-22(25)19-18-21(23)24;3-1-2(4)5;;;1-4(2)3/h18-19H,2-17,20H2,1H3,(H,23,24);3H,1H2,(H,4,5);;;(H2,1,2,3)/q;;2*+1;/p-2. The summed E-state index contributed by atoms with van der Waals surface area (Å²) in [5, 5.41) is 23.4. The molecule has 10 nitrogen and oxygen atoms in total. The number of hydrogen-bond acceptors (Lipinski definition) is 8. The van der Waals surface area contributed by atoms with Crippen molar-refractivity contribution >= 4 is 29.3 Å². The Hall–Kier alpha value is 0.180. The van der Waals surface area contributed by atoms with Crippen molar-refractivity contribution in [2.45, 2.75) is 110 Å². The topological polar surface area (TPSA) is 184 Å². The van der Waals surface area contributed by atoms with Crippen molar-refractivity contribution in [3.05, 3.63) is 12.2 Å². The maximum absolute atomic E-state index is 11.1. The van der Waals surface area contributed by atoms with Crippen molar-refractivity contribution in [1.29, 1.82) is 0 Å². The molecule has 0 radical (unpaired) electrons. The van der Waals surface area contributed by atoms with Crippen LogP contribution >= 0.6 is 0 Å². The second-order valence-electron chi connectivity index (χ2n) is 7.90. The van der Waals surface area contributed by atoms with E-state index in [1.54, 1.807) is 0 Å². The molecule has 0 amide bonds. The van der Waals surface area contributed by atoms with E-state index in [-0.39, 0.29) is 59.1 Å². The molecule has 37 heavy (non-hydrogen) atoms. The van der Waals surface area contributed by atoms with Gasteiger partial charge in [-0.1, -0.05) is 103 Å². The fourth-order valence-electron chi connectivity index (χ4n) is 3.01. The van der Waals surface area contributed by atoms with Gasteiger partial charge in [0.15, 0.2) is 0 Å². The van der Waals surface area contributed by atoms with Gasteiger partial charge in [0.2, 0.25) is 0 Å². The molecule has 0 aliphatic heterocycles. The molecule has 0 aliphatic carbocycles. The molecule has 0 rings (SSSR count). The third-order valence-corrected chi connectivity index (χ3v) is 4.74. The van der Waals surface area contributed by atoms with Crippen molar-refractivity contribution in [2.75, 3.05) is 13.2 Å². The van der Waals surface area contributed by atoms with Crippen molar-refractivity contribution in [1.82, 2.24) is 0 Å². The van der Waals surface area contributed by atoms with E-state index in [1.165, 1.54) is 89.9 Å². The maximum atomic E-state index is 11.1. The van der Waals surface area contributed by atoms with E-state index in [4.69, 9.17) is 38.2 Å². The zero-order valence-corrected chi connectivity index (χ0v) is 27.8. The molecule has 0 aromatic heterocycles. The summed E-state index contributed by atoms with van der Waals surface area (Å²) in [6.45, 7) is 1.86. The summed E-state index contributed by atoms with van der Waals surface area (Å²) in [5.41, 5.74) is 0. The number of esters is 1. The summed E-state index contributed by atoms with van der Waals surface area (Å²) in [7, 11) is 0. The van der Waals surface area contributed by atoms with Crippen LogP contribution in [0.4, 0.5) is 0 Å². The number of carboxylic acids is 2. The largest absolute Gasteiger partial charge is 1.00 e. The fourth-order valence-corrected chi connectivity index (χ4v) is 3.01. The van der Waals surface area contributed by atoms with Crippen LogP contribution in [0.3, 0.4) is 0 Å². The number of rotatable bonds is 20. The molecule has 0 atom stereocenters. The summed E-state index contributed by atoms with van der Waals surface area (Å²) in [5.74, 6) is -2.90. The molecule has 0 aromatic carbocycles. The average molecular weight is 571 g/mol. The van der Waals surface area contributed by atoms with Gasteiger partial charge in [-0.2, -0.15) is 0 Å². The van der Waals surface area contributed by atoms with Gasteiger partial charge in [-0.15, -0.1) is 11.4 Å². The minimum Gasteiger partial charge on any atom is -0.784 e. The zero-order chi connectivity index (χ0) is 27.2. The number of ether oxygens (including phenoxy) is 1. The van der Waals surface area contributed by atoms with E-state index >= 15 is 0 Å². The summed E-state index contributed by atoms with van der Waals surface area (Å²) in [6.07, 6.45) is 22.7. The molecule has 0 heterocycles. The van der Waals surface area contributed by atoms with E-state index in [0.717, 1.165) is 25.0 Å². The quantitative estimate of drug-likeness (QED) is 0.0512. The molecule has 0 saturated carbocycles. The number of unbranched alkanes of at least 4 members (excludes halogenated alkanes) is 15. The summed E-state index contributed by atoms with van der Waals surface area (Å²) < 4.78 is 30.3. The van der Waals surface area contributed by atoms with Gasteiger partial charge in [0.1, 0.15) is 6.61 Å². The Kier molecular flexibility index (Phi) is 51.7. The number of aliphatic hydroxyl groups excluding tert-OH is 1. The monoisotopic (exact) mass is 570 g/mol. The van der Waals surface area contributed by atoms with Crippen molar-refractivity contribution in [3.63, 3.8) is 0 Å². The maximum Gasteiger partial charge on any atom is 1.00 e. The van der Waals surface area contributed by atoms with Crippen molar-refractivity contribution in [2.24, 2.45) is 0 Å². The molecule has 0 unspecified atom stereocenters. The Morgan fingerprint density at radius 2 is 1.00 bits per heavy atom. The molecule has 208 valence electrons. The van der Waals surface area contributed by atoms with Crippen LogP contribution in [0.15, 0.2) is 12.2 Å². The van der Waals surface area contributed by atoms with E-state index in [9.17, 15) is 9.59 Å². The van der Waals surface area contributed by atoms with Gasteiger partial charge in [-0.05, 0) is 6.42 Å². The Balaban J connectivity index is -0.000000265. The normalized spacial score (nSPS) is 9.76. The minimum absolute atomic E-state index is 0. The van der Waals surface area contributed by atoms with Gasteiger partial charge >= 0.3 is 77.0 Å². The Bertz CT molecular complexity index is 560. The number of hydrogen-bond donors (Lipinski definition) is 3. The van der Waals surface area contributed by atoms with E-state index in [0.29, 0.717) is 6.61 Å². The van der Waals surface area contributed by atoms with Gasteiger partial charge in [-0.25, -0.2) is 14.4 Å². The van der Waals surface area contributed by atoms with E-state index < -0.39 is 35.9 Å². The van der Waals surface area contributed by atoms with Crippen LogP contribution in [0.25, 0.3) is 0 Å². The zero-order valence-electron chi connectivity index (χ0n) is 23.0. The predicted molar refractivity (Wildman–Crippen MR) is 132 cm³/mol. The van der Waals surface area contributed by atoms with Crippen LogP contribution in [0.5, 0.6) is 0 Å². The molecule has 0 fully saturated rings. The molecule has 0 aliphatic rings. The molecule has 0 bridgehead atoms. The van der Waals surface area contributed by atoms with Crippen LogP contribution in [-0.2, 0) is 30.5 Å². The number of aliphatic carboxylic acids is 2. The summed E-state index contributed by atoms with van der Waals surface area (Å²) >= 11 is -3.11. The van der Waals surface area contributed by atoms with Crippen LogP contribution in [-0.4, -0.2) is 59.8 Å². The molecular weight excluding hydrogens is 526 g/mol. The first-order valence-electron chi connectivity index (χ1n) is 12.3. The van der Waals surface area contributed by atoms with Gasteiger partial charge in [0.05, 0.1) is 6.61 Å². The number of carbonyl (C=O) groups excluding carboxylic acids is 1. The smallest absolute Gasteiger partial charge is 0.784 e. The first-order chi connectivity index (χ1) is 16.7. The van der Waals surface area contributed by atoms with Crippen LogP contribution in [0, 0.1) is 0 Å². The third kappa shape index (κ3) is 61.7. The number of carboxylic acid groups (broad SMARTS) is 2. The molecule has 0 saturated heterocycles. The number of aliphatic hydroxyl groups is 1. The summed E-state index contributed by atoms with van der Waals surface area (Å²) in [4.78, 5) is 30.5. The predicted octanol–water partition coefficient (Wildman–Crippen LogP) is -1.50.